The summed E-state index contributed by atoms with van der Waals surface area (Å²) in [5.41, 5.74) is 2.20. The van der Waals surface area contributed by atoms with Crippen LogP contribution in [0.1, 0.15) is 69.7 Å². The predicted molar refractivity (Wildman–Crippen MR) is 114 cm³/mol. The van der Waals surface area contributed by atoms with E-state index in [0.717, 1.165) is 29.3 Å². The molecule has 4 aliphatic carbocycles. The monoisotopic (exact) mass is 411 g/mol. The number of nitrogens with zero attached hydrogens (tertiary/aromatic N) is 2. The number of carbonyl (C=O) groups is 1. The fourth-order valence-electron chi connectivity index (χ4n) is 6.13. The summed E-state index contributed by atoms with van der Waals surface area (Å²) in [5, 5.41) is 12.1. The Morgan fingerprint density at radius 3 is 2.31 bits per heavy atom. The zero-order valence-corrected chi connectivity index (χ0v) is 18.0. The van der Waals surface area contributed by atoms with E-state index >= 15 is 0 Å². The van der Waals surface area contributed by atoms with E-state index in [9.17, 15) is 4.79 Å². The maximum Gasteiger partial charge on any atom is 0.277 e. The Balaban J connectivity index is 1.18. The minimum atomic E-state index is -0.0538. The highest BCUT2D eigenvalue weighted by atomic mass is 32.2. The maximum absolute atomic E-state index is 12.3. The Kier molecular flexibility index (Phi) is 4.93. The summed E-state index contributed by atoms with van der Waals surface area (Å²) in [6, 6.07) is 8.03. The molecule has 29 heavy (non-hydrogen) atoms. The van der Waals surface area contributed by atoms with E-state index in [2.05, 4.69) is 41.5 Å². The molecule has 0 saturated heterocycles. The average Bonchev–Trinajstić information content (AvgIpc) is 3.16. The van der Waals surface area contributed by atoms with Gasteiger partial charge < -0.3 is 9.73 Å². The van der Waals surface area contributed by atoms with Gasteiger partial charge in [0.15, 0.2) is 0 Å². The number of anilines is 1. The summed E-state index contributed by atoms with van der Waals surface area (Å²) < 4.78 is 6.07. The summed E-state index contributed by atoms with van der Waals surface area (Å²) in [4.78, 5) is 12.3. The number of hydrogen-bond acceptors (Lipinski definition) is 5. The number of hydrogen-bond donors (Lipinski definition) is 1. The minimum absolute atomic E-state index is 0.0538. The first-order chi connectivity index (χ1) is 14.0. The molecule has 1 heterocycles. The molecule has 1 aromatic heterocycles. The van der Waals surface area contributed by atoms with E-state index < -0.39 is 0 Å². The quantitative estimate of drug-likeness (QED) is 0.645. The zero-order chi connectivity index (χ0) is 20.0. The summed E-state index contributed by atoms with van der Waals surface area (Å²) >= 11 is 1.33. The normalized spacial score (nSPS) is 30.1. The van der Waals surface area contributed by atoms with Crippen LogP contribution in [-0.4, -0.2) is 21.9 Å². The molecule has 6 rings (SSSR count). The van der Waals surface area contributed by atoms with Crippen LogP contribution in [0.5, 0.6) is 0 Å². The van der Waals surface area contributed by atoms with E-state index in [1.807, 2.05) is 12.1 Å². The van der Waals surface area contributed by atoms with Crippen molar-refractivity contribution < 1.29 is 9.21 Å². The highest BCUT2D eigenvalue weighted by Gasteiger charge is 2.54. The van der Waals surface area contributed by atoms with E-state index in [1.54, 1.807) is 0 Å². The molecule has 4 saturated carbocycles. The maximum atomic E-state index is 12.3. The van der Waals surface area contributed by atoms with E-state index in [-0.39, 0.29) is 17.1 Å². The molecule has 1 amide bonds. The summed E-state index contributed by atoms with van der Waals surface area (Å²) in [6.07, 6.45) is 7.81. The molecular weight excluding hydrogens is 382 g/mol. The van der Waals surface area contributed by atoms with Gasteiger partial charge >= 0.3 is 0 Å². The lowest BCUT2D eigenvalue weighted by atomic mass is 9.49. The van der Waals surface area contributed by atoms with Crippen LogP contribution in [0.4, 0.5) is 5.69 Å². The molecule has 4 fully saturated rings. The van der Waals surface area contributed by atoms with Gasteiger partial charge in [0.05, 0.1) is 5.75 Å². The van der Waals surface area contributed by atoms with Crippen molar-refractivity contribution in [2.75, 3.05) is 11.1 Å². The second kappa shape index (κ2) is 7.46. The first-order valence-electron chi connectivity index (χ1n) is 10.9. The van der Waals surface area contributed by atoms with Crippen molar-refractivity contribution >= 4 is 23.4 Å². The smallest absolute Gasteiger partial charge is 0.277 e. The van der Waals surface area contributed by atoms with Crippen LogP contribution in [0.2, 0.25) is 0 Å². The van der Waals surface area contributed by atoms with Crippen molar-refractivity contribution in [1.82, 2.24) is 10.2 Å². The second-order valence-electron chi connectivity index (χ2n) is 9.68. The lowest BCUT2D eigenvalue weighted by Crippen LogP contribution is -2.48. The van der Waals surface area contributed by atoms with Gasteiger partial charge in [-0.05, 0) is 79.9 Å². The Hall–Kier alpha value is -1.82. The largest absolute Gasteiger partial charge is 0.415 e. The van der Waals surface area contributed by atoms with Crippen molar-refractivity contribution in [3.05, 3.63) is 35.7 Å². The molecule has 4 aliphatic rings. The Labute approximate surface area is 176 Å². The molecule has 154 valence electrons. The van der Waals surface area contributed by atoms with Crippen LogP contribution in [0.15, 0.2) is 33.9 Å². The second-order valence-corrected chi connectivity index (χ2v) is 10.6. The van der Waals surface area contributed by atoms with Crippen LogP contribution >= 0.6 is 11.8 Å². The van der Waals surface area contributed by atoms with Crippen LogP contribution in [0.3, 0.4) is 0 Å². The van der Waals surface area contributed by atoms with Gasteiger partial charge in [0, 0.05) is 11.1 Å². The van der Waals surface area contributed by atoms with Gasteiger partial charge in [-0.25, -0.2) is 0 Å². The van der Waals surface area contributed by atoms with Crippen molar-refractivity contribution in [3.63, 3.8) is 0 Å². The Morgan fingerprint density at radius 1 is 1.10 bits per heavy atom. The SMILES string of the molecule is CC(C)c1ccc(NC(=O)CSc2nnc(C34CC5CC(CC(C5)C3)C4)o2)cc1. The minimum Gasteiger partial charge on any atom is -0.415 e. The van der Waals surface area contributed by atoms with Crippen molar-refractivity contribution in [1.29, 1.82) is 0 Å². The standard InChI is InChI=1S/C23H29N3O2S/c1-14(2)18-3-5-19(6-4-18)24-20(27)13-29-22-26-25-21(28-22)23-10-15-7-16(11-23)9-17(8-15)12-23/h3-6,14-17H,7-13H2,1-2H3,(H,24,27). The fraction of sp³-hybridized carbons (Fsp3) is 0.609. The van der Waals surface area contributed by atoms with Gasteiger partial charge in [-0.3, -0.25) is 4.79 Å². The van der Waals surface area contributed by atoms with E-state index in [0.29, 0.717) is 11.1 Å². The highest BCUT2D eigenvalue weighted by molar-refractivity contribution is 7.99. The third kappa shape index (κ3) is 3.83. The zero-order valence-electron chi connectivity index (χ0n) is 17.2. The lowest BCUT2D eigenvalue weighted by molar-refractivity contribution is -0.113. The number of nitrogens with one attached hydrogen (secondary N) is 1. The van der Waals surface area contributed by atoms with Gasteiger partial charge in [0.25, 0.3) is 5.22 Å². The molecule has 4 bridgehead atoms. The molecular formula is C23H29N3O2S. The molecule has 0 spiro atoms. The predicted octanol–water partition coefficient (Wildman–Crippen LogP) is 5.39. The van der Waals surface area contributed by atoms with Gasteiger partial charge in [-0.15, -0.1) is 10.2 Å². The molecule has 2 aromatic rings. The topological polar surface area (TPSA) is 68.0 Å². The summed E-state index contributed by atoms with van der Waals surface area (Å²) in [6.45, 7) is 4.32. The average molecular weight is 412 g/mol. The number of thioether (sulfide) groups is 1. The molecule has 1 aromatic carbocycles. The van der Waals surface area contributed by atoms with Crippen LogP contribution < -0.4 is 5.32 Å². The summed E-state index contributed by atoms with van der Waals surface area (Å²) in [7, 11) is 0. The molecule has 6 heteroatoms. The highest BCUT2D eigenvalue weighted by Crippen LogP contribution is 2.60. The van der Waals surface area contributed by atoms with Crippen LogP contribution in [0.25, 0.3) is 0 Å². The number of amides is 1. The Morgan fingerprint density at radius 2 is 1.72 bits per heavy atom. The van der Waals surface area contributed by atoms with Gasteiger partial charge in [-0.1, -0.05) is 37.7 Å². The van der Waals surface area contributed by atoms with Gasteiger partial charge in [-0.2, -0.15) is 0 Å². The molecule has 1 N–H and O–H groups in total. The summed E-state index contributed by atoms with van der Waals surface area (Å²) in [5.74, 6) is 4.06. The first-order valence-corrected chi connectivity index (χ1v) is 11.8. The number of carbonyl (C=O) groups excluding carboxylic acids is 1. The van der Waals surface area contributed by atoms with Crippen molar-refractivity contribution in [3.8, 4) is 0 Å². The number of benzene rings is 1. The van der Waals surface area contributed by atoms with E-state index in [1.165, 1.54) is 55.9 Å². The van der Waals surface area contributed by atoms with Crippen LogP contribution in [-0.2, 0) is 10.2 Å². The molecule has 0 atom stereocenters. The molecule has 0 unspecified atom stereocenters. The van der Waals surface area contributed by atoms with Crippen molar-refractivity contribution in [2.24, 2.45) is 17.8 Å². The number of aromatic nitrogens is 2. The third-order valence-electron chi connectivity index (χ3n) is 7.09. The van der Waals surface area contributed by atoms with Crippen LogP contribution in [0, 0.1) is 17.8 Å². The van der Waals surface area contributed by atoms with Gasteiger partial charge in [0.1, 0.15) is 0 Å². The molecule has 5 nitrogen and oxygen atoms in total. The van der Waals surface area contributed by atoms with E-state index in [4.69, 9.17) is 4.42 Å². The molecule has 0 radical (unpaired) electrons. The lowest BCUT2D eigenvalue weighted by Gasteiger charge is -2.55. The van der Waals surface area contributed by atoms with Gasteiger partial charge in [0.2, 0.25) is 11.8 Å². The third-order valence-corrected chi connectivity index (χ3v) is 7.90. The first kappa shape index (κ1) is 19.2. The molecule has 0 aliphatic heterocycles. The fourth-order valence-corrected chi connectivity index (χ4v) is 6.69. The number of rotatable bonds is 6. The Bertz CT molecular complexity index is 854. The van der Waals surface area contributed by atoms with Crippen molar-refractivity contribution in [2.45, 2.75) is 68.9 Å².